The van der Waals surface area contributed by atoms with Crippen molar-refractivity contribution in [3.05, 3.63) is 35.4 Å². The van der Waals surface area contributed by atoms with E-state index in [-0.39, 0.29) is 15.5 Å². The molecule has 0 amide bonds. The van der Waals surface area contributed by atoms with Crippen LogP contribution < -0.4 is 0 Å². The van der Waals surface area contributed by atoms with Gasteiger partial charge in [-0.1, -0.05) is 49.9 Å². The molecule has 1 fully saturated rings. The Morgan fingerprint density at radius 2 is 1.59 bits per heavy atom. The van der Waals surface area contributed by atoms with Crippen molar-refractivity contribution in [1.29, 1.82) is 0 Å². The van der Waals surface area contributed by atoms with Crippen molar-refractivity contribution in [2.75, 3.05) is 6.67 Å². The third-order valence-electron chi connectivity index (χ3n) is 4.77. The Balaban J connectivity index is 1.66. The highest BCUT2D eigenvalue weighted by atomic mass is 28.3. The van der Waals surface area contributed by atoms with Crippen LogP contribution in [0.1, 0.15) is 56.4 Å². The first-order valence-electron chi connectivity index (χ1n) is 8.55. The molecule has 22 heavy (non-hydrogen) atoms. The molecule has 1 aliphatic rings. The average molecular weight is 327 g/mol. The molecule has 0 aromatic heterocycles. The second-order valence-corrected chi connectivity index (χ2v) is 9.40. The maximum Gasteiger partial charge on any atom is 0.159 e. The summed E-state index contributed by atoms with van der Waals surface area (Å²) in [4.78, 5) is 0. The Bertz CT molecular complexity index is 442. The molecule has 2 rings (SSSR count). The van der Waals surface area contributed by atoms with Crippen LogP contribution in [0.2, 0.25) is 18.1 Å². The quantitative estimate of drug-likeness (QED) is 0.390. The van der Waals surface area contributed by atoms with Crippen molar-refractivity contribution in [2.24, 2.45) is 0 Å². The van der Waals surface area contributed by atoms with Gasteiger partial charge in [-0.15, -0.1) is 0 Å². The van der Waals surface area contributed by atoms with Crippen molar-refractivity contribution in [2.45, 2.75) is 69.0 Å². The van der Waals surface area contributed by atoms with E-state index in [1.807, 2.05) is 0 Å². The summed E-state index contributed by atoms with van der Waals surface area (Å²) in [5, 5.41) is 0. The third kappa shape index (κ3) is 5.45. The minimum Gasteiger partial charge on any atom is -0.251 e. The molecule has 4 heteroatoms. The van der Waals surface area contributed by atoms with Crippen molar-refractivity contribution < 1.29 is 13.2 Å². The number of benzene rings is 1. The lowest BCUT2D eigenvalue weighted by atomic mass is 9.93. The molecule has 1 saturated heterocycles. The van der Waals surface area contributed by atoms with Crippen molar-refractivity contribution in [1.82, 2.24) is 0 Å². The number of alkyl halides is 1. The maximum atomic E-state index is 13.3. The molecule has 1 heterocycles. The lowest BCUT2D eigenvalue weighted by Gasteiger charge is -2.27. The fraction of sp³-hybridized carbons (Fsp3) is 0.667. The molecule has 0 spiro atoms. The lowest BCUT2D eigenvalue weighted by Crippen LogP contribution is -2.20. The van der Waals surface area contributed by atoms with Crippen LogP contribution in [0.3, 0.4) is 0 Å². The van der Waals surface area contributed by atoms with Gasteiger partial charge in [0.2, 0.25) is 0 Å². The van der Waals surface area contributed by atoms with Gasteiger partial charge in [0.15, 0.2) is 11.6 Å². The van der Waals surface area contributed by atoms with Crippen LogP contribution in [0.4, 0.5) is 13.2 Å². The Hall–Kier alpha value is -0.773. The lowest BCUT2D eigenvalue weighted by molar-refractivity contribution is 0.452. The molecule has 1 aliphatic heterocycles. The van der Waals surface area contributed by atoms with E-state index in [1.54, 1.807) is 6.07 Å². The summed E-state index contributed by atoms with van der Waals surface area (Å²) in [7, 11) is -0.240. The molecular formula is C18H26F3Si. The van der Waals surface area contributed by atoms with Crippen molar-refractivity contribution in [3.63, 3.8) is 0 Å². The SMILES string of the molecule is FCCCCCCC[Si]1CCC(c2ccc(F)c(F)c2)CC1. The number of hydrogen-bond donors (Lipinski definition) is 0. The van der Waals surface area contributed by atoms with Crippen molar-refractivity contribution >= 4 is 8.80 Å². The second kappa shape index (κ2) is 9.38. The molecule has 0 unspecified atom stereocenters. The standard InChI is InChI=1S/C18H26F3Si/c19-10-4-2-1-3-5-11-22-12-8-15(9-13-22)16-6-7-17(20)18(21)14-16/h6-7,14-15H,1-5,8-13H2. The second-order valence-electron chi connectivity index (χ2n) is 6.40. The van der Waals surface area contributed by atoms with Gasteiger partial charge < -0.3 is 0 Å². The minimum absolute atomic E-state index is 0.180. The zero-order valence-corrected chi connectivity index (χ0v) is 14.2. The van der Waals surface area contributed by atoms with E-state index in [4.69, 9.17) is 0 Å². The van der Waals surface area contributed by atoms with Crippen LogP contribution in [-0.2, 0) is 0 Å². The van der Waals surface area contributed by atoms with E-state index in [2.05, 4.69) is 0 Å². The Labute approximate surface area is 133 Å². The van der Waals surface area contributed by atoms with Gasteiger partial charge in [0, 0.05) is 8.80 Å². The fourth-order valence-electron chi connectivity index (χ4n) is 3.38. The molecule has 0 saturated carbocycles. The van der Waals surface area contributed by atoms with Gasteiger partial charge in [-0.3, -0.25) is 4.39 Å². The van der Waals surface area contributed by atoms with E-state index < -0.39 is 11.6 Å². The van der Waals surface area contributed by atoms with Crippen LogP contribution in [0, 0.1) is 11.6 Å². The molecule has 0 nitrogen and oxygen atoms in total. The summed E-state index contributed by atoms with van der Waals surface area (Å²) in [5.74, 6) is -1.06. The highest BCUT2D eigenvalue weighted by Crippen LogP contribution is 2.35. The van der Waals surface area contributed by atoms with Crippen LogP contribution in [0.5, 0.6) is 0 Å². The van der Waals surface area contributed by atoms with Gasteiger partial charge in [-0.05, 0) is 42.9 Å². The summed E-state index contributed by atoms with van der Waals surface area (Å²) >= 11 is 0. The van der Waals surface area contributed by atoms with Gasteiger partial charge in [0.25, 0.3) is 0 Å². The maximum absolute atomic E-state index is 13.3. The Morgan fingerprint density at radius 3 is 2.27 bits per heavy atom. The van der Waals surface area contributed by atoms with E-state index in [1.165, 1.54) is 43.1 Å². The van der Waals surface area contributed by atoms with E-state index in [0.29, 0.717) is 12.3 Å². The summed E-state index contributed by atoms with van der Waals surface area (Å²) in [5.41, 5.74) is 0.964. The summed E-state index contributed by atoms with van der Waals surface area (Å²) in [6.45, 7) is -0.180. The smallest absolute Gasteiger partial charge is 0.159 e. The predicted octanol–water partition coefficient (Wildman–Crippen LogP) is 6.26. The predicted molar refractivity (Wildman–Crippen MR) is 87.6 cm³/mol. The summed E-state index contributed by atoms with van der Waals surface area (Å²) < 4.78 is 38.3. The van der Waals surface area contributed by atoms with Gasteiger partial charge in [0.05, 0.1) is 6.67 Å². The first-order chi connectivity index (χ1) is 10.7. The highest BCUT2D eigenvalue weighted by Gasteiger charge is 2.23. The first-order valence-corrected chi connectivity index (χ1v) is 10.7. The monoisotopic (exact) mass is 327 g/mol. The number of unbranched alkanes of at least 4 members (excludes halogenated alkanes) is 4. The van der Waals surface area contributed by atoms with E-state index >= 15 is 0 Å². The zero-order valence-electron chi connectivity index (χ0n) is 13.2. The molecule has 0 aliphatic carbocycles. The topological polar surface area (TPSA) is 0 Å². The summed E-state index contributed by atoms with van der Waals surface area (Å²) in [6.07, 6.45) is 7.68. The molecular weight excluding hydrogens is 301 g/mol. The fourth-order valence-corrected chi connectivity index (χ4v) is 6.39. The van der Waals surface area contributed by atoms with Crippen LogP contribution >= 0.6 is 0 Å². The number of hydrogen-bond acceptors (Lipinski definition) is 0. The normalized spacial score (nSPS) is 17.0. The van der Waals surface area contributed by atoms with Gasteiger partial charge >= 0.3 is 0 Å². The van der Waals surface area contributed by atoms with Crippen LogP contribution in [0.15, 0.2) is 18.2 Å². The van der Waals surface area contributed by atoms with E-state index in [9.17, 15) is 13.2 Å². The Morgan fingerprint density at radius 1 is 0.909 bits per heavy atom. The molecule has 1 radical (unpaired) electrons. The molecule has 0 atom stereocenters. The third-order valence-corrected chi connectivity index (χ3v) is 7.82. The molecule has 123 valence electrons. The number of rotatable bonds is 8. The van der Waals surface area contributed by atoms with E-state index in [0.717, 1.165) is 31.2 Å². The minimum atomic E-state index is -0.753. The molecule has 0 N–H and O–H groups in total. The largest absolute Gasteiger partial charge is 0.251 e. The van der Waals surface area contributed by atoms with Gasteiger partial charge in [-0.2, -0.15) is 0 Å². The van der Waals surface area contributed by atoms with Crippen LogP contribution in [0.25, 0.3) is 0 Å². The molecule has 1 aromatic carbocycles. The highest BCUT2D eigenvalue weighted by molar-refractivity contribution is 6.59. The summed E-state index contributed by atoms with van der Waals surface area (Å²) in [6, 6.07) is 8.32. The van der Waals surface area contributed by atoms with Gasteiger partial charge in [0.1, 0.15) is 0 Å². The average Bonchev–Trinajstić information content (AvgIpc) is 2.54. The number of halogens is 3. The zero-order chi connectivity index (χ0) is 15.8. The first kappa shape index (κ1) is 17.6. The Kier molecular flexibility index (Phi) is 7.50. The van der Waals surface area contributed by atoms with Crippen molar-refractivity contribution in [3.8, 4) is 0 Å². The molecule has 0 bridgehead atoms. The van der Waals surface area contributed by atoms with Crippen LogP contribution in [-0.4, -0.2) is 15.5 Å². The molecule has 1 aromatic rings. The van der Waals surface area contributed by atoms with Gasteiger partial charge in [-0.25, -0.2) is 8.78 Å².